The van der Waals surface area contributed by atoms with Gasteiger partial charge in [0.15, 0.2) is 0 Å². The first-order chi connectivity index (χ1) is 12.4. The van der Waals surface area contributed by atoms with Gasteiger partial charge in [-0.15, -0.1) is 0 Å². The van der Waals surface area contributed by atoms with E-state index in [1.54, 1.807) is 23.1 Å². The molecule has 0 radical (unpaired) electrons. The van der Waals surface area contributed by atoms with Gasteiger partial charge >= 0.3 is 0 Å². The van der Waals surface area contributed by atoms with Crippen molar-refractivity contribution >= 4 is 34.8 Å². The summed E-state index contributed by atoms with van der Waals surface area (Å²) in [5, 5.41) is 9.65. The second-order valence-electron chi connectivity index (χ2n) is 5.90. The molecule has 0 saturated heterocycles. The van der Waals surface area contributed by atoms with Crippen molar-refractivity contribution in [3.8, 4) is 22.9 Å². The molecule has 0 aromatic heterocycles. The van der Waals surface area contributed by atoms with E-state index in [0.29, 0.717) is 39.2 Å². The molecular formula is C19H15Cl2N3O2. The molecule has 0 saturated carbocycles. The molecule has 0 aliphatic carbocycles. The van der Waals surface area contributed by atoms with E-state index in [4.69, 9.17) is 38.9 Å². The van der Waals surface area contributed by atoms with Gasteiger partial charge < -0.3 is 15.4 Å². The van der Waals surface area contributed by atoms with Crippen molar-refractivity contribution in [3.05, 3.63) is 57.6 Å². The van der Waals surface area contributed by atoms with Crippen molar-refractivity contribution in [1.29, 1.82) is 5.26 Å². The summed E-state index contributed by atoms with van der Waals surface area (Å²) in [5.41, 5.74) is 9.26. The number of nitrogens with two attached hydrogens (primary N) is 1. The first kappa shape index (κ1) is 18.1. The van der Waals surface area contributed by atoms with E-state index < -0.39 is 0 Å². The minimum Gasteiger partial charge on any atom is -0.496 e. The second-order valence-corrected chi connectivity index (χ2v) is 6.71. The molecule has 0 atom stereocenters. The van der Waals surface area contributed by atoms with Gasteiger partial charge in [-0.3, -0.25) is 4.79 Å². The van der Waals surface area contributed by atoms with Gasteiger partial charge in [-0.05, 0) is 34.9 Å². The molecule has 1 aliphatic rings. The molecule has 132 valence electrons. The van der Waals surface area contributed by atoms with Crippen LogP contribution >= 0.6 is 23.2 Å². The topological polar surface area (TPSA) is 79.3 Å². The number of halogens is 2. The highest BCUT2D eigenvalue weighted by Gasteiger charge is 2.33. The maximum absolute atomic E-state index is 12.8. The van der Waals surface area contributed by atoms with Gasteiger partial charge in [0.05, 0.1) is 41.0 Å². The van der Waals surface area contributed by atoms with Crippen LogP contribution in [0.5, 0.6) is 5.75 Å². The zero-order valence-corrected chi connectivity index (χ0v) is 15.5. The fourth-order valence-electron chi connectivity index (χ4n) is 3.02. The van der Waals surface area contributed by atoms with Crippen molar-refractivity contribution in [3.63, 3.8) is 0 Å². The van der Waals surface area contributed by atoms with Crippen LogP contribution in [0.3, 0.4) is 0 Å². The molecule has 3 rings (SSSR count). The SMILES string of the molecule is C=C(C#N)CN1Cc2c(-c3cc(Cl)c(N)c(Cl)c3)ccc(OC)c2C1=O. The smallest absolute Gasteiger partial charge is 0.258 e. The first-order valence-electron chi connectivity index (χ1n) is 7.69. The lowest BCUT2D eigenvalue weighted by Crippen LogP contribution is -2.25. The summed E-state index contributed by atoms with van der Waals surface area (Å²) in [5.74, 6) is 0.272. The fourth-order valence-corrected chi connectivity index (χ4v) is 3.51. The van der Waals surface area contributed by atoms with E-state index in [1.807, 2.05) is 12.1 Å². The highest BCUT2D eigenvalue weighted by Crippen LogP contribution is 2.41. The van der Waals surface area contributed by atoms with Crippen molar-refractivity contribution in [1.82, 2.24) is 4.90 Å². The number of anilines is 1. The van der Waals surface area contributed by atoms with Gasteiger partial charge in [-0.1, -0.05) is 35.8 Å². The zero-order chi connectivity index (χ0) is 19.0. The average Bonchev–Trinajstić information content (AvgIpc) is 2.95. The van der Waals surface area contributed by atoms with Crippen molar-refractivity contribution in [2.45, 2.75) is 6.54 Å². The summed E-state index contributed by atoms with van der Waals surface area (Å²) < 4.78 is 5.36. The van der Waals surface area contributed by atoms with Crippen LogP contribution in [0.2, 0.25) is 10.0 Å². The lowest BCUT2D eigenvalue weighted by Gasteiger charge is -2.14. The number of nitrogens with zero attached hydrogens (tertiary/aromatic N) is 2. The van der Waals surface area contributed by atoms with Gasteiger partial charge in [0.1, 0.15) is 5.75 Å². The Morgan fingerprint density at radius 2 is 2.04 bits per heavy atom. The molecule has 0 fully saturated rings. The van der Waals surface area contributed by atoms with Crippen LogP contribution in [0.1, 0.15) is 15.9 Å². The lowest BCUT2D eigenvalue weighted by molar-refractivity contribution is 0.0791. The van der Waals surface area contributed by atoms with E-state index >= 15 is 0 Å². The number of hydrogen-bond donors (Lipinski definition) is 1. The maximum Gasteiger partial charge on any atom is 0.258 e. The number of nitrogen functional groups attached to an aromatic ring is 1. The molecule has 26 heavy (non-hydrogen) atoms. The molecule has 2 aromatic rings. The van der Waals surface area contributed by atoms with Crippen LogP contribution in [-0.2, 0) is 6.54 Å². The predicted molar refractivity (Wildman–Crippen MR) is 102 cm³/mol. The number of carbonyl (C=O) groups is 1. The molecule has 0 unspecified atom stereocenters. The largest absolute Gasteiger partial charge is 0.496 e. The highest BCUT2D eigenvalue weighted by molar-refractivity contribution is 6.39. The Labute approximate surface area is 161 Å². The molecule has 5 nitrogen and oxygen atoms in total. The van der Waals surface area contributed by atoms with Crippen LogP contribution in [0.4, 0.5) is 5.69 Å². The Balaban J connectivity index is 2.14. The van der Waals surface area contributed by atoms with Gasteiger partial charge in [0, 0.05) is 12.1 Å². The molecule has 7 heteroatoms. The van der Waals surface area contributed by atoms with E-state index in [2.05, 4.69) is 6.58 Å². The third-order valence-corrected chi connectivity index (χ3v) is 4.90. The number of amides is 1. The quantitative estimate of drug-likeness (QED) is 0.626. The second kappa shape index (κ2) is 6.91. The number of rotatable bonds is 4. The number of hydrogen-bond acceptors (Lipinski definition) is 4. The molecule has 1 amide bonds. The van der Waals surface area contributed by atoms with Crippen molar-refractivity contribution < 1.29 is 9.53 Å². The van der Waals surface area contributed by atoms with Gasteiger partial charge in [-0.2, -0.15) is 5.26 Å². The highest BCUT2D eigenvalue weighted by atomic mass is 35.5. The van der Waals surface area contributed by atoms with Crippen LogP contribution < -0.4 is 10.5 Å². The lowest BCUT2D eigenvalue weighted by atomic mass is 9.96. The van der Waals surface area contributed by atoms with Gasteiger partial charge in [-0.25, -0.2) is 0 Å². The zero-order valence-electron chi connectivity index (χ0n) is 14.0. The fraction of sp³-hybridized carbons (Fsp3) is 0.158. The summed E-state index contributed by atoms with van der Waals surface area (Å²) in [4.78, 5) is 14.4. The normalized spacial score (nSPS) is 12.7. The number of ether oxygens (including phenoxy) is 1. The Bertz CT molecular complexity index is 956. The number of nitriles is 1. The average molecular weight is 388 g/mol. The van der Waals surface area contributed by atoms with E-state index in [1.165, 1.54) is 7.11 Å². The third-order valence-electron chi connectivity index (χ3n) is 4.27. The summed E-state index contributed by atoms with van der Waals surface area (Å²) in [6, 6.07) is 8.98. The van der Waals surface area contributed by atoms with Crippen LogP contribution in [0, 0.1) is 11.3 Å². The minimum atomic E-state index is -0.206. The van der Waals surface area contributed by atoms with Crippen LogP contribution in [0.15, 0.2) is 36.4 Å². The molecular weight excluding hydrogens is 373 g/mol. The minimum absolute atomic E-state index is 0.163. The Kier molecular flexibility index (Phi) is 4.82. The Morgan fingerprint density at radius 1 is 1.38 bits per heavy atom. The van der Waals surface area contributed by atoms with Gasteiger partial charge in [0.2, 0.25) is 0 Å². The molecule has 0 bridgehead atoms. The third kappa shape index (κ3) is 2.98. The summed E-state index contributed by atoms with van der Waals surface area (Å²) in [6.45, 7) is 4.15. The van der Waals surface area contributed by atoms with E-state index in [-0.39, 0.29) is 12.5 Å². The summed E-state index contributed by atoms with van der Waals surface area (Å²) in [6.07, 6.45) is 0. The number of carbonyl (C=O) groups excluding carboxylic acids is 1. The van der Waals surface area contributed by atoms with Crippen molar-refractivity contribution in [2.24, 2.45) is 0 Å². The van der Waals surface area contributed by atoms with Crippen LogP contribution in [-0.4, -0.2) is 24.5 Å². The van der Waals surface area contributed by atoms with Gasteiger partial charge in [0.25, 0.3) is 5.91 Å². The molecule has 1 aliphatic heterocycles. The first-order valence-corrected chi connectivity index (χ1v) is 8.44. The van der Waals surface area contributed by atoms with E-state index in [0.717, 1.165) is 16.7 Å². The standard InChI is InChI=1S/C19H15Cl2N3O2/c1-10(7-22)8-24-9-13-12(3-4-16(26-2)17(13)19(24)25)11-5-14(20)18(23)15(21)6-11/h3-6H,1,8-9,23H2,2H3. The molecule has 0 spiro atoms. The molecule has 2 N–H and O–H groups in total. The summed E-state index contributed by atoms with van der Waals surface area (Å²) >= 11 is 12.3. The number of methoxy groups -OCH3 is 1. The predicted octanol–water partition coefficient (Wildman–Crippen LogP) is 4.29. The molecule has 1 heterocycles. The Hall–Kier alpha value is -2.68. The number of fused-ring (bicyclic) bond motifs is 1. The summed E-state index contributed by atoms with van der Waals surface area (Å²) in [7, 11) is 1.51. The van der Waals surface area contributed by atoms with E-state index in [9.17, 15) is 4.79 Å². The monoisotopic (exact) mass is 387 g/mol. The van der Waals surface area contributed by atoms with Crippen LogP contribution in [0.25, 0.3) is 11.1 Å². The maximum atomic E-state index is 12.8. The Morgan fingerprint density at radius 3 is 2.62 bits per heavy atom. The molecule has 2 aromatic carbocycles. The number of benzene rings is 2. The van der Waals surface area contributed by atoms with Crippen molar-refractivity contribution in [2.75, 3.05) is 19.4 Å².